The zero-order chi connectivity index (χ0) is 12.5. The van der Waals surface area contributed by atoms with Crippen LogP contribution in [0.2, 0.25) is 5.02 Å². The van der Waals surface area contributed by atoms with Gasteiger partial charge in [-0.2, -0.15) is 0 Å². The van der Waals surface area contributed by atoms with Gasteiger partial charge in [0, 0.05) is 16.3 Å². The molecule has 1 nitrogen and oxygen atoms in total. The summed E-state index contributed by atoms with van der Waals surface area (Å²) in [6, 6.07) is 7.64. The van der Waals surface area contributed by atoms with E-state index in [2.05, 4.69) is 6.92 Å². The van der Waals surface area contributed by atoms with Crippen LogP contribution in [0.3, 0.4) is 0 Å². The molecule has 0 amide bonds. The summed E-state index contributed by atoms with van der Waals surface area (Å²) >= 11 is 7.45. The normalized spacial score (nSPS) is 10.5. The molecule has 1 aromatic rings. The fourth-order valence-corrected chi connectivity index (χ4v) is 2.65. The molecule has 0 bridgehead atoms. The lowest BCUT2D eigenvalue weighted by atomic mass is 10.1. The van der Waals surface area contributed by atoms with E-state index in [-0.39, 0.29) is 0 Å². The Kier molecular flexibility index (Phi) is 7.38. The summed E-state index contributed by atoms with van der Waals surface area (Å²) in [5.41, 5.74) is 0. The SMILES string of the molecule is CCCCCCC(=O)CSc1cccc(Cl)c1. The van der Waals surface area contributed by atoms with E-state index in [9.17, 15) is 4.79 Å². The molecule has 0 saturated heterocycles. The number of hydrogen-bond donors (Lipinski definition) is 0. The first-order valence-electron chi connectivity index (χ1n) is 6.12. The van der Waals surface area contributed by atoms with Gasteiger partial charge in [0.15, 0.2) is 0 Å². The van der Waals surface area contributed by atoms with Crippen LogP contribution in [0.15, 0.2) is 29.2 Å². The Balaban J connectivity index is 2.19. The molecule has 94 valence electrons. The number of halogens is 1. The van der Waals surface area contributed by atoms with Gasteiger partial charge in [0.05, 0.1) is 5.75 Å². The second kappa shape index (κ2) is 8.60. The maximum absolute atomic E-state index is 11.6. The highest BCUT2D eigenvalue weighted by Crippen LogP contribution is 2.22. The Bertz CT molecular complexity index is 352. The molecular formula is C14H19ClOS. The number of thioether (sulfide) groups is 1. The number of carbonyl (C=O) groups is 1. The molecule has 0 aromatic heterocycles. The molecule has 0 aliphatic rings. The largest absolute Gasteiger partial charge is 0.299 e. The van der Waals surface area contributed by atoms with Crippen LogP contribution >= 0.6 is 23.4 Å². The van der Waals surface area contributed by atoms with E-state index in [4.69, 9.17) is 11.6 Å². The first-order chi connectivity index (χ1) is 8.22. The van der Waals surface area contributed by atoms with Gasteiger partial charge in [0.25, 0.3) is 0 Å². The van der Waals surface area contributed by atoms with Gasteiger partial charge >= 0.3 is 0 Å². The van der Waals surface area contributed by atoms with Crippen LogP contribution in [0.5, 0.6) is 0 Å². The van der Waals surface area contributed by atoms with Crippen molar-refractivity contribution in [2.45, 2.75) is 43.9 Å². The van der Waals surface area contributed by atoms with Gasteiger partial charge in [-0.05, 0) is 24.6 Å². The number of Topliss-reactive ketones (excluding diaryl/α,β-unsaturated/α-hetero) is 1. The third kappa shape index (κ3) is 6.75. The van der Waals surface area contributed by atoms with Crippen molar-refractivity contribution in [1.29, 1.82) is 0 Å². The maximum atomic E-state index is 11.6. The quantitative estimate of drug-likeness (QED) is 0.490. The van der Waals surface area contributed by atoms with E-state index >= 15 is 0 Å². The smallest absolute Gasteiger partial charge is 0.143 e. The highest BCUT2D eigenvalue weighted by atomic mass is 35.5. The zero-order valence-corrected chi connectivity index (χ0v) is 11.8. The van der Waals surface area contributed by atoms with Gasteiger partial charge in [-0.15, -0.1) is 11.8 Å². The molecule has 1 rings (SSSR count). The number of unbranched alkanes of at least 4 members (excludes halogenated alkanes) is 3. The molecule has 0 unspecified atom stereocenters. The lowest BCUT2D eigenvalue weighted by Gasteiger charge is -2.02. The summed E-state index contributed by atoms with van der Waals surface area (Å²) in [5, 5.41) is 0.727. The second-order valence-electron chi connectivity index (χ2n) is 4.10. The average molecular weight is 271 g/mol. The monoisotopic (exact) mass is 270 g/mol. The van der Waals surface area contributed by atoms with E-state index < -0.39 is 0 Å². The van der Waals surface area contributed by atoms with E-state index in [1.165, 1.54) is 19.3 Å². The van der Waals surface area contributed by atoms with E-state index in [1.54, 1.807) is 11.8 Å². The van der Waals surface area contributed by atoms with Gasteiger partial charge < -0.3 is 0 Å². The van der Waals surface area contributed by atoms with Crippen LogP contribution in [-0.4, -0.2) is 11.5 Å². The number of ketones is 1. The topological polar surface area (TPSA) is 17.1 Å². The van der Waals surface area contributed by atoms with E-state index in [1.807, 2.05) is 24.3 Å². The molecule has 0 heterocycles. The van der Waals surface area contributed by atoms with Crippen molar-refractivity contribution in [1.82, 2.24) is 0 Å². The maximum Gasteiger partial charge on any atom is 0.143 e. The van der Waals surface area contributed by atoms with Crippen molar-refractivity contribution in [3.63, 3.8) is 0 Å². The number of hydrogen-bond acceptors (Lipinski definition) is 2. The van der Waals surface area contributed by atoms with Crippen molar-refractivity contribution in [2.75, 3.05) is 5.75 Å². The molecule has 0 N–H and O–H groups in total. The summed E-state index contributed by atoms with van der Waals surface area (Å²) in [6.45, 7) is 2.18. The highest BCUT2D eigenvalue weighted by molar-refractivity contribution is 8.00. The van der Waals surface area contributed by atoms with Crippen molar-refractivity contribution >= 4 is 29.1 Å². The summed E-state index contributed by atoms with van der Waals surface area (Å²) in [4.78, 5) is 12.7. The summed E-state index contributed by atoms with van der Waals surface area (Å²) < 4.78 is 0. The van der Waals surface area contributed by atoms with Gasteiger partial charge in [0.1, 0.15) is 5.78 Å². The predicted molar refractivity (Wildman–Crippen MR) is 75.9 cm³/mol. The molecular weight excluding hydrogens is 252 g/mol. The minimum absolute atomic E-state index is 0.339. The van der Waals surface area contributed by atoms with Crippen LogP contribution in [-0.2, 0) is 4.79 Å². The Labute approximate surface area is 113 Å². The van der Waals surface area contributed by atoms with E-state index in [0.717, 1.165) is 16.3 Å². The molecule has 0 radical (unpaired) electrons. The number of benzene rings is 1. The fraction of sp³-hybridized carbons (Fsp3) is 0.500. The number of carbonyl (C=O) groups excluding carboxylic acids is 1. The minimum Gasteiger partial charge on any atom is -0.299 e. The molecule has 0 spiro atoms. The predicted octanol–water partition coefficient (Wildman–Crippen LogP) is 4.97. The fourth-order valence-electron chi connectivity index (χ4n) is 1.54. The Morgan fingerprint density at radius 2 is 2.12 bits per heavy atom. The minimum atomic E-state index is 0.339. The average Bonchev–Trinajstić information content (AvgIpc) is 2.32. The van der Waals surface area contributed by atoms with Gasteiger partial charge in [-0.1, -0.05) is 43.9 Å². The lowest BCUT2D eigenvalue weighted by Crippen LogP contribution is -2.00. The van der Waals surface area contributed by atoms with Crippen molar-refractivity contribution in [2.24, 2.45) is 0 Å². The molecule has 0 aliphatic heterocycles. The zero-order valence-electron chi connectivity index (χ0n) is 10.2. The van der Waals surface area contributed by atoms with Crippen LogP contribution in [0.4, 0.5) is 0 Å². The molecule has 0 aliphatic carbocycles. The molecule has 0 saturated carbocycles. The van der Waals surface area contributed by atoms with Gasteiger partial charge in [-0.3, -0.25) is 4.79 Å². The first-order valence-corrected chi connectivity index (χ1v) is 7.49. The van der Waals surface area contributed by atoms with Gasteiger partial charge in [-0.25, -0.2) is 0 Å². The molecule has 0 atom stereocenters. The van der Waals surface area contributed by atoms with Crippen LogP contribution in [0.1, 0.15) is 39.0 Å². The van der Waals surface area contributed by atoms with Crippen LogP contribution in [0.25, 0.3) is 0 Å². The summed E-state index contributed by atoms with van der Waals surface area (Å²) in [5.74, 6) is 0.901. The van der Waals surface area contributed by atoms with Crippen molar-refractivity contribution in [3.05, 3.63) is 29.3 Å². The van der Waals surface area contributed by atoms with Crippen LogP contribution < -0.4 is 0 Å². The highest BCUT2D eigenvalue weighted by Gasteiger charge is 2.03. The van der Waals surface area contributed by atoms with Crippen molar-refractivity contribution in [3.8, 4) is 0 Å². The Morgan fingerprint density at radius 1 is 1.29 bits per heavy atom. The Morgan fingerprint density at radius 3 is 2.82 bits per heavy atom. The summed E-state index contributed by atoms with van der Waals surface area (Å²) in [6.07, 6.45) is 5.36. The molecule has 17 heavy (non-hydrogen) atoms. The third-order valence-corrected chi connectivity index (χ3v) is 3.79. The standard InChI is InChI=1S/C14H19ClOS/c1-2-3-4-5-8-13(16)11-17-14-9-6-7-12(15)10-14/h6-7,9-10H,2-5,8,11H2,1H3. The second-order valence-corrected chi connectivity index (χ2v) is 5.58. The third-order valence-electron chi connectivity index (χ3n) is 2.51. The summed E-state index contributed by atoms with van der Waals surface area (Å²) in [7, 11) is 0. The van der Waals surface area contributed by atoms with E-state index in [0.29, 0.717) is 18.0 Å². The molecule has 1 aromatic carbocycles. The molecule has 3 heteroatoms. The first kappa shape index (κ1) is 14.6. The van der Waals surface area contributed by atoms with Crippen molar-refractivity contribution < 1.29 is 4.79 Å². The number of rotatable bonds is 8. The van der Waals surface area contributed by atoms with Crippen LogP contribution in [0, 0.1) is 0 Å². The van der Waals surface area contributed by atoms with Gasteiger partial charge in [0.2, 0.25) is 0 Å². The lowest BCUT2D eigenvalue weighted by molar-refractivity contribution is -0.116. The Hall–Kier alpha value is -0.470. The molecule has 0 fully saturated rings.